The molecule has 0 bridgehead atoms. The van der Waals surface area contributed by atoms with E-state index in [0.717, 1.165) is 39.3 Å². The number of hydrogen-bond acceptors (Lipinski definition) is 4. The highest BCUT2D eigenvalue weighted by atomic mass is 32.2. The summed E-state index contributed by atoms with van der Waals surface area (Å²) >= 11 is 1.42. The Morgan fingerprint density at radius 2 is 1.53 bits per heavy atom. The number of ketones is 1. The van der Waals surface area contributed by atoms with E-state index in [2.05, 4.69) is 46.0 Å². The number of para-hydroxylation sites is 1. The van der Waals surface area contributed by atoms with Gasteiger partial charge in [-0.15, -0.1) is 10.2 Å². The monoisotopic (exact) mass is 416 g/mol. The van der Waals surface area contributed by atoms with Gasteiger partial charge in [-0.05, 0) is 58.0 Å². The summed E-state index contributed by atoms with van der Waals surface area (Å²) in [5, 5.41) is 9.23. The van der Waals surface area contributed by atoms with Crippen molar-refractivity contribution in [2.45, 2.75) is 32.9 Å². The summed E-state index contributed by atoms with van der Waals surface area (Å²) in [6, 6.07) is 20.3. The number of rotatable bonds is 6. The molecular weight excluding hydrogens is 392 g/mol. The van der Waals surface area contributed by atoms with E-state index in [0.29, 0.717) is 5.75 Å². The number of Topliss-reactive ketones (excluding diaryl/α,β-unsaturated/α-hetero) is 1. The lowest BCUT2D eigenvalue weighted by molar-refractivity contribution is 0.102. The molecule has 2 aromatic carbocycles. The molecule has 152 valence electrons. The summed E-state index contributed by atoms with van der Waals surface area (Å²) < 4.78 is 4.11. The molecule has 0 amide bonds. The van der Waals surface area contributed by atoms with Crippen LogP contribution >= 0.6 is 11.8 Å². The summed E-state index contributed by atoms with van der Waals surface area (Å²) in [5.74, 6) is 1.20. The molecular formula is C24H24N4OS. The topological polar surface area (TPSA) is 52.7 Å². The number of carbonyl (C=O) groups is 1. The summed E-state index contributed by atoms with van der Waals surface area (Å²) in [6.45, 7) is 8.01. The lowest BCUT2D eigenvalue weighted by Crippen LogP contribution is -2.07. The summed E-state index contributed by atoms with van der Waals surface area (Å²) in [7, 11) is 0. The van der Waals surface area contributed by atoms with Crippen LogP contribution in [-0.2, 0) is 0 Å². The Hall–Kier alpha value is -3.12. The maximum Gasteiger partial charge on any atom is 0.196 e. The molecule has 0 radical (unpaired) electrons. The van der Waals surface area contributed by atoms with Crippen LogP contribution in [0.1, 0.15) is 33.1 Å². The lowest BCUT2D eigenvalue weighted by atomic mass is 10.2. The number of thioether (sulfide) groups is 1. The molecule has 30 heavy (non-hydrogen) atoms. The first-order valence-corrected chi connectivity index (χ1v) is 10.8. The van der Waals surface area contributed by atoms with Crippen molar-refractivity contribution in [2.24, 2.45) is 0 Å². The quantitative estimate of drug-likeness (QED) is 0.317. The Kier molecular flexibility index (Phi) is 5.59. The fourth-order valence-corrected chi connectivity index (χ4v) is 4.54. The van der Waals surface area contributed by atoms with Gasteiger partial charge < -0.3 is 4.57 Å². The van der Waals surface area contributed by atoms with Gasteiger partial charge in [0.2, 0.25) is 0 Å². The summed E-state index contributed by atoms with van der Waals surface area (Å²) in [4.78, 5) is 13.0. The molecule has 4 aromatic rings. The van der Waals surface area contributed by atoms with Gasteiger partial charge >= 0.3 is 0 Å². The second-order valence-electron chi connectivity index (χ2n) is 7.37. The largest absolute Gasteiger partial charge is 0.318 e. The van der Waals surface area contributed by atoms with Crippen LogP contribution in [0.2, 0.25) is 0 Å². The molecule has 4 rings (SSSR count). The maximum atomic E-state index is 13.0. The highest BCUT2D eigenvalue weighted by molar-refractivity contribution is 7.99. The molecule has 6 heteroatoms. The highest BCUT2D eigenvalue weighted by Crippen LogP contribution is 2.26. The van der Waals surface area contributed by atoms with Crippen molar-refractivity contribution in [3.05, 3.63) is 89.0 Å². The zero-order chi connectivity index (χ0) is 21.3. The van der Waals surface area contributed by atoms with Crippen LogP contribution in [0, 0.1) is 27.7 Å². The van der Waals surface area contributed by atoms with Gasteiger partial charge in [-0.1, -0.05) is 47.7 Å². The van der Waals surface area contributed by atoms with Crippen molar-refractivity contribution < 1.29 is 4.79 Å². The predicted octanol–water partition coefficient (Wildman–Crippen LogP) is 5.27. The number of aryl methyl sites for hydroxylation is 3. The van der Waals surface area contributed by atoms with E-state index < -0.39 is 0 Å². The number of nitrogens with zero attached hydrogens (tertiary/aromatic N) is 4. The van der Waals surface area contributed by atoms with E-state index in [1.165, 1.54) is 17.3 Å². The van der Waals surface area contributed by atoms with E-state index in [9.17, 15) is 4.79 Å². The standard InChI is InChI=1S/C24H24N4OS/c1-16-10-12-21(13-11-16)28-19(4)25-26-24(28)30-15-23(29)22-14-17(2)27(18(22)3)20-8-6-5-7-9-20/h5-14H,15H2,1-4H3. The number of hydrogen-bond donors (Lipinski definition) is 0. The van der Waals surface area contributed by atoms with Gasteiger partial charge in [0, 0.05) is 28.3 Å². The lowest BCUT2D eigenvalue weighted by Gasteiger charge is -2.10. The van der Waals surface area contributed by atoms with Crippen LogP contribution in [-0.4, -0.2) is 30.9 Å². The molecule has 0 fully saturated rings. The first-order chi connectivity index (χ1) is 14.5. The summed E-state index contributed by atoms with van der Waals surface area (Å²) in [5.41, 5.74) is 6.02. The van der Waals surface area contributed by atoms with Crippen LogP contribution in [0.3, 0.4) is 0 Å². The molecule has 0 saturated carbocycles. The minimum absolute atomic E-state index is 0.0893. The molecule has 0 saturated heterocycles. The Labute approximate surface area is 180 Å². The summed E-state index contributed by atoms with van der Waals surface area (Å²) in [6.07, 6.45) is 0. The fourth-order valence-electron chi connectivity index (χ4n) is 3.65. The van der Waals surface area contributed by atoms with Crippen molar-refractivity contribution in [1.29, 1.82) is 0 Å². The van der Waals surface area contributed by atoms with Crippen molar-refractivity contribution in [2.75, 3.05) is 5.75 Å². The molecule has 2 aromatic heterocycles. The molecule has 0 aliphatic carbocycles. The Morgan fingerprint density at radius 1 is 0.867 bits per heavy atom. The molecule has 2 heterocycles. The van der Waals surface area contributed by atoms with Gasteiger partial charge in [-0.2, -0.15) is 0 Å². The average Bonchev–Trinajstić information content (AvgIpc) is 3.26. The van der Waals surface area contributed by atoms with Crippen molar-refractivity contribution >= 4 is 17.5 Å². The molecule has 0 aliphatic heterocycles. The fraction of sp³-hybridized carbons (Fsp3) is 0.208. The van der Waals surface area contributed by atoms with Crippen LogP contribution < -0.4 is 0 Å². The number of carbonyl (C=O) groups excluding carboxylic acids is 1. The van der Waals surface area contributed by atoms with Crippen molar-refractivity contribution in [3.63, 3.8) is 0 Å². The Bertz CT molecular complexity index is 1190. The van der Waals surface area contributed by atoms with E-state index >= 15 is 0 Å². The third-order valence-corrected chi connectivity index (χ3v) is 6.09. The second-order valence-corrected chi connectivity index (χ2v) is 8.31. The predicted molar refractivity (Wildman–Crippen MR) is 121 cm³/mol. The maximum absolute atomic E-state index is 13.0. The Morgan fingerprint density at radius 3 is 2.23 bits per heavy atom. The highest BCUT2D eigenvalue weighted by Gasteiger charge is 2.19. The third kappa shape index (κ3) is 3.83. The van der Waals surface area contributed by atoms with Gasteiger partial charge in [0.15, 0.2) is 10.9 Å². The van der Waals surface area contributed by atoms with Gasteiger partial charge in [-0.25, -0.2) is 0 Å². The molecule has 5 nitrogen and oxygen atoms in total. The van der Waals surface area contributed by atoms with Crippen LogP contribution in [0.4, 0.5) is 0 Å². The van der Waals surface area contributed by atoms with Crippen LogP contribution in [0.5, 0.6) is 0 Å². The molecule has 0 atom stereocenters. The van der Waals surface area contributed by atoms with Gasteiger partial charge in [0.05, 0.1) is 5.75 Å². The normalized spacial score (nSPS) is 11.1. The van der Waals surface area contributed by atoms with Crippen LogP contribution in [0.15, 0.2) is 65.8 Å². The zero-order valence-corrected chi connectivity index (χ0v) is 18.4. The van der Waals surface area contributed by atoms with E-state index in [1.807, 2.05) is 61.7 Å². The zero-order valence-electron chi connectivity index (χ0n) is 17.6. The van der Waals surface area contributed by atoms with E-state index in [-0.39, 0.29) is 5.78 Å². The van der Waals surface area contributed by atoms with Crippen molar-refractivity contribution in [1.82, 2.24) is 19.3 Å². The third-order valence-electron chi connectivity index (χ3n) is 5.17. The molecule has 0 N–H and O–H groups in total. The minimum Gasteiger partial charge on any atom is -0.318 e. The van der Waals surface area contributed by atoms with Gasteiger partial charge in [0.1, 0.15) is 5.82 Å². The molecule has 0 aliphatic rings. The minimum atomic E-state index is 0.0893. The smallest absolute Gasteiger partial charge is 0.196 e. The van der Waals surface area contributed by atoms with Crippen molar-refractivity contribution in [3.8, 4) is 11.4 Å². The molecule has 0 unspecified atom stereocenters. The number of benzene rings is 2. The van der Waals surface area contributed by atoms with E-state index in [1.54, 1.807) is 0 Å². The second kappa shape index (κ2) is 8.32. The van der Waals surface area contributed by atoms with Gasteiger partial charge in [-0.3, -0.25) is 9.36 Å². The van der Waals surface area contributed by atoms with Crippen LogP contribution in [0.25, 0.3) is 11.4 Å². The Balaban J connectivity index is 1.56. The average molecular weight is 417 g/mol. The molecule has 0 spiro atoms. The van der Waals surface area contributed by atoms with Gasteiger partial charge in [0.25, 0.3) is 0 Å². The SMILES string of the molecule is Cc1ccc(-n2c(C)nnc2SCC(=O)c2cc(C)n(-c3ccccc3)c2C)cc1. The van der Waals surface area contributed by atoms with E-state index in [4.69, 9.17) is 0 Å². The first-order valence-electron chi connectivity index (χ1n) is 9.85. The first kappa shape index (κ1) is 20.2. The number of aromatic nitrogens is 4.